The number of aliphatic hydroxyl groups is 2. The van der Waals surface area contributed by atoms with E-state index in [1.54, 1.807) is 12.1 Å². The van der Waals surface area contributed by atoms with Gasteiger partial charge in [-0.05, 0) is 45.0 Å². The molecular formula is C16H22FNO2. The summed E-state index contributed by atoms with van der Waals surface area (Å²) in [7, 11) is 1.96. The molecule has 2 N–H and O–H groups in total. The molecule has 0 amide bonds. The van der Waals surface area contributed by atoms with Gasteiger partial charge in [-0.25, -0.2) is 4.39 Å². The fourth-order valence-corrected chi connectivity index (χ4v) is 1.94. The lowest BCUT2D eigenvalue weighted by Crippen LogP contribution is -2.19. The largest absolute Gasteiger partial charge is 0.396 e. The third kappa shape index (κ3) is 6.16. The van der Waals surface area contributed by atoms with E-state index in [2.05, 4.69) is 16.7 Å². The highest BCUT2D eigenvalue weighted by Gasteiger charge is 2.06. The van der Waals surface area contributed by atoms with Crippen LogP contribution in [0.2, 0.25) is 0 Å². The lowest BCUT2D eigenvalue weighted by atomic mass is 10.1. The zero-order valence-electron chi connectivity index (χ0n) is 11.9. The number of benzene rings is 1. The summed E-state index contributed by atoms with van der Waals surface area (Å²) < 4.78 is 13.9. The Balaban J connectivity index is 2.51. The number of hydrogen-bond donors (Lipinski definition) is 2. The normalized spacial score (nSPS) is 10.4. The maximum absolute atomic E-state index is 13.9. The van der Waals surface area contributed by atoms with Crippen molar-refractivity contribution >= 4 is 0 Å². The van der Waals surface area contributed by atoms with E-state index >= 15 is 0 Å². The van der Waals surface area contributed by atoms with Crippen molar-refractivity contribution in [2.24, 2.45) is 0 Å². The lowest BCUT2D eigenvalue weighted by molar-refractivity contribution is 0.270. The van der Waals surface area contributed by atoms with Crippen molar-refractivity contribution in [2.75, 3.05) is 26.8 Å². The predicted octanol–water partition coefficient (Wildman–Crippen LogP) is 1.76. The molecule has 0 saturated carbocycles. The van der Waals surface area contributed by atoms with Crippen LogP contribution in [0.5, 0.6) is 0 Å². The predicted molar refractivity (Wildman–Crippen MR) is 77.6 cm³/mol. The smallest absolute Gasteiger partial charge is 0.128 e. The number of unbranched alkanes of at least 4 members (excludes halogenated alkanes) is 2. The fraction of sp³-hybridized carbons (Fsp3) is 0.500. The summed E-state index contributed by atoms with van der Waals surface area (Å²) in [6, 6.07) is 4.90. The van der Waals surface area contributed by atoms with E-state index in [1.807, 2.05) is 7.05 Å². The molecule has 0 saturated heterocycles. The van der Waals surface area contributed by atoms with Crippen LogP contribution in [0.25, 0.3) is 0 Å². The molecule has 1 aromatic carbocycles. The Morgan fingerprint density at radius 3 is 2.65 bits per heavy atom. The molecule has 20 heavy (non-hydrogen) atoms. The van der Waals surface area contributed by atoms with Crippen LogP contribution >= 0.6 is 0 Å². The topological polar surface area (TPSA) is 43.7 Å². The first-order valence-corrected chi connectivity index (χ1v) is 6.85. The molecule has 0 aromatic heterocycles. The van der Waals surface area contributed by atoms with Gasteiger partial charge in [-0.15, -0.1) is 0 Å². The first-order chi connectivity index (χ1) is 9.67. The molecule has 0 aliphatic carbocycles. The molecule has 0 radical (unpaired) electrons. The summed E-state index contributed by atoms with van der Waals surface area (Å²) >= 11 is 0. The van der Waals surface area contributed by atoms with Crippen LogP contribution in [-0.4, -0.2) is 41.9 Å². The average Bonchev–Trinajstić information content (AvgIpc) is 2.44. The maximum Gasteiger partial charge on any atom is 0.128 e. The monoisotopic (exact) mass is 279 g/mol. The van der Waals surface area contributed by atoms with Gasteiger partial charge in [0.2, 0.25) is 0 Å². The summed E-state index contributed by atoms with van der Waals surface area (Å²) in [4.78, 5) is 2.06. The summed E-state index contributed by atoms with van der Waals surface area (Å²) in [6.07, 6.45) is 2.80. The Morgan fingerprint density at radius 1 is 1.20 bits per heavy atom. The molecule has 110 valence electrons. The number of halogens is 1. The van der Waals surface area contributed by atoms with Gasteiger partial charge in [-0.1, -0.05) is 17.9 Å². The highest BCUT2D eigenvalue weighted by molar-refractivity contribution is 5.37. The molecule has 0 unspecified atom stereocenters. The summed E-state index contributed by atoms with van der Waals surface area (Å²) in [6.45, 7) is 1.44. The van der Waals surface area contributed by atoms with E-state index in [0.29, 0.717) is 17.7 Å². The number of aliphatic hydroxyl groups excluding tert-OH is 2. The Bertz CT molecular complexity index is 465. The second-order valence-electron chi connectivity index (χ2n) is 4.79. The van der Waals surface area contributed by atoms with E-state index < -0.39 is 0 Å². The highest BCUT2D eigenvalue weighted by Crippen LogP contribution is 2.12. The van der Waals surface area contributed by atoms with Crippen molar-refractivity contribution in [2.45, 2.75) is 25.8 Å². The van der Waals surface area contributed by atoms with E-state index in [1.165, 1.54) is 6.07 Å². The van der Waals surface area contributed by atoms with Gasteiger partial charge in [0.1, 0.15) is 12.4 Å². The minimum Gasteiger partial charge on any atom is -0.396 e. The van der Waals surface area contributed by atoms with Crippen molar-refractivity contribution in [3.8, 4) is 11.8 Å². The van der Waals surface area contributed by atoms with Crippen molar-refractivity contribution in [3.05, 3.63) is 35.1 Å². The number of hydrogen-bond acceptors (Lipinski definition) is 3. The molecule has 0 atom stereocenters. The van der Waals surface area contributed by atoms with E-state index in [-0.39, 0.29) is 19.0 Å². The molecular weight excluding hydrogens is 257 g/mol. The molecule has 4 heteroatoms. The van der Waals surface area contributed by atoms with Crippen molar-refractivity contribution < 1.29 is 14.6 Å². The average molecular weight is 279 g/mol. The summed E-state index contributed by atoms with van der Waals surface area (Å²) in [5.74, 6) is 4.92. The minimum absolute atomic E-state index is 0.222. The number of rotatable bonds is 7. The Labute approximate surface area is 120 Å². The molecule has 0 aliphatic rings. The molecule has 0 spiro atoms. The number of nitrogens with zero attached hydrogens (tertiary/aromatic N) is 1. The van der Waals surface area contributed by atoms with Crippen LogP contribution in [0.1, 0.15) is 30.4 Å². The molecule has 3 nitrogen and oxygen atoms in total. The van der Waals surface area contributed by atoms with E-state index in [9.17, 15) is 4.39 Å². The van der Waals surface area contributed by atoms with Gasteiger partial charge in [0.05, 0.1) is 0 Å². The molecule has 0 heterocycles. The third-order valence-corrected chi connectivity index (χ3v) is 3.00. The lowest BCUT2D eigenvalue weighted by Gasteiger charge is -2.17. The third-order valence-electron chi connectivity index (χ3n) is 3.00. The second-order valence-corrected chi connectivity index (χ2v) is 4.79. The van der Waals surface area contributed by atoms with E-state index in [4.69, 9.17) is 10.2 Å². The van der Waals surface area contributed by atoms with Gasteiger partial charge in [0.25, 0.3) is 0 Å². The molecule has 0 bridgehead atoms. The standard InChI is InChI=1S/C16H22FNO2/c1-18(9-3-2-4-10-19)13-15-8-7-14(6-5-11-20)12-16(15)17/h7-8,12,19-20H,2-4,9-11,13H2,1H3. The SMILES string of the molecule is CN(CCCCCO)Cc1ccc(C#CCO)cc1F. The first kappa shape index (κ1) is 16.6. The van der Waals surface area contributed by atoms with Crippen LogP contribution in [-0.2, 0) is 6.54 Å². The minimum atomic E-state index is -0.267. The Morgan fingerprint density at radius 2 is 2.00 bits per heavy atom. The van der Waals surface area contributed by atoms with Crippen LogP contribution < -0.4 is 0 Å². The zero-order valence-corrected chi connectivity index (χ0v) is 11.9. The van der Waals surface area contributed by atoms with Crippen LogP contribution in [0.3, 0.4) is 0 Å². The summed E-state index contributed by atoms with van der Waals surface area (Å²) in [5.41, 5.74) is 1.22. The van der Waals surface area contributed by atoms with Gasteiger partial charge < -0.3 is 15.1 Å². The van der Waals surface area contributed by atoms with Crippen molar-refractivity contribution in [3.63, 3.8) is 0 Å². The Kier molecular flexibility index (Phi) is 7.89. The quantitative estimate of drug-likeness (QED) is 0.590. The van der Waals surface area contributed by atoms with Gasteiger partial charge in [0.15, 0.2) is 0 Å². The first-order valence-electron chi connectivity index (χ1n) is 6.85. The molecule has 1 rings (SSSR count). The molecule has 0 aliphatic heterocycles. The van der Waals surface area contributed by atoms with Gasteiger partial charge in [0, 0.05) is 24.3 Å². The van der Waals surface area contributed by atoms with Gasteiger partial charge in [-0.2, -0.15) is 0 Å². The second kappa shape index (κ2) is 9.49. The van der Waals surface area contributed by atoms with Crippen LogP contribution in [0.15, 0.2) is 18.2 Å². The molecule has 0 fully saturated rings. The summed E-state index contributed by atoms with van der Waals surface area (Å²) in [5, 5.41) is 17.3. The van der Waals surface area contributed by atoms with Gasteiger partial charge >= 0.3 is 0 Å². The van der Waals surface area contributed by atoms with Crippen molar-refractivity contribution in [1.82, 2.24) is 4.90 Å². The van der Waals surface area contributed by atoms with E-state index in [0.717, 1.165) is 25.8 Å². The fourth-order valence-electron chi connectivity index (χ4n) is 1.94. The van der Waals surface area contributed by atoms with Crippen LogP contribution in [0.4, 0.5) is 4.39 Å². The Hall–Kier alpha value is -1.41. The molecule has 1 aromatic rings. The maximum atomic E-state index is 13.9. The van der Waals surface area contributed by atoms with Crippen molar-refractivity contribution in [1.29, 1.82) is 0 Å². The van der Waals surface area contributed by atoms with Crippen LogP contribution in [0, 0.1) is 17.7 Å². The zero-order chi connectivity index (χ0) is 14.8. The van der Waals surface area contributed by atoms with Gasteiger partial charge in [-0.3, -0.25) is 0 Å². The highest BCUT2D eigenvalue weighted by atomic mass is 19.1.